The Balaban J connectivity index is 1.97. The van der Waals surface area contributed by atoms with E-state index in [-0.39, 0.29) is 9.88 Å². The Kier molecular flexibility index (Phi) is 6.88. The van der Waals surface area contributed by atoms with Crippen molar-refractivity contribution in [3.05, 3.63) is 44.4 Å². The third-order valence-corrected chi connectivity index (χ3v) is 5.11. The number of nitrogens with zero attached hydrogens (tertiary/aromatic N) is 1. The molecular formula is C19H19ClN4O5S2. The van der Waals surface area contributed by atoms with Crippen LogP contribution in [0.25, 0.3) is 10.9 Å². The van der Waals surface area contributed by atoms with E-state index in [0.29, 0.717) is 44.6 Å². The van der Waals surface area contributed by atoms with Gasteiger partial charge in [0.15, 0.2) is 21.4 Å². The smallest absolute Gasteiger partial charge is 0.281 e. The van der Waals surface area contributed by atoms with Gasteiger partial charge in [0.1, 0.15) is 11.5 Å². The summed E-state index contributed by atoms with van der Waals surface area (Å²) < 4.78 is 22.3. The minimum absolute atomic E-state index is 0.0871. The number of thiocarbonyl (C=S) groups is 1. The first-order valence-corrected chi connectivity index (χ1v) is 9.93. The molecule has 1 aromatic heterocycles. The highest BCUT2D eigenvalue weighted by molar-refractivity contribution is 7.80. The highest BCUT2D eigenvalue weighted by Crippen LogP contribution is 2.36. The molecule has 31 heavy (non-hydrogen) atoms. The number of methoxy groups -OCH3 is 4. The zero-order valence-corrected chi connectivity index (χ0v) is 19.4. The highest BCUT2D eigenvalue weighted by atomic mass is 35.5. The minimum atomic E-state index is -0.426. The van der Waals surface area contributed by atoms with Crippen LogP contribution in [0.15, 0.2) is 29.1 Å². The Morgan fingerprint density at radius 3 is 2.19 bits per heavy atom. The van der Waals surface area contributed by atoms with Crippen LogP contribution < -0.4 is 35.2 Å². The molecule has 9 nitrogen and oxygen atoms in total. The van der Waals surface area contributed by atoms with Gasteiger partial charge >= 0.3 is 0 Å². The van der Waals surface area contributed by atoms with Gasteiger partial charge in [0.25, 0.3) is 5.56 Å². The average molecular weight is 483 g/mol. The van der Waals surface area contributed by atoms with Crippen LogP contribution in [0.1, 0.15) is 0 Å². The summed E-state index contributed by atoms with van der Waals surface area (Å²) in [6.45, 7) is 0. The SMILES string of the molecule is COc1cc(NC(=S)Nn2c(=S)[nH]c3cc(OC)c(OC)cc3c2=O)c(OC)cc1Cl. The van der Waals surface area contributed by atoms with Gasteiger partial charge in [-0.25, -0.2) is 0 Å². The number of hydrogen-bond acceptors (Lipinski definition) is 7. The summed E-state index contributed by atoms with van der Waals surface area (Å²) >= 11 is 16.8. The number of hydrogen-bond donors (Lipinski definition) is 3. The molecule has 164 valence electrons. The second-order valence-electron chi connectivity index (χ2n) is 6.08. The Morgan fingerprint density at radius 2 is 1.58 bits per heavy atom. The van der Waals surface area contributed by atoms with E-state index in [1.165, 1.54) is 28.4 Å². The summed E-state index contributed by atoms with van der Waals surface area (Å²) in [5, 5.41) is 3.74. The molecule has 0 aliphatic carbocycles. The summed E-state index contributed by atoms with van der Waals surface area (Å²) in [7, 11) is 5.97. The second kappa shape index (κ2) is 9.41. The van der Waals surface area contributed by atoms with Crippen molar-refractivity contribution < 1.29 is 18.9 Å². The molecule has 2 aromatic carbocycles. The van der Waals surface area contributed by atoms with E-state index in [2.05, 4.69) is 15.7 Å². The fourth-order valence-electron chi connectivity index (χ4n) is 2.85. The van der Waals surface area contributed by atoms with Crippen molar-refractivity contribution in [3.63, 3.8) is 0 Å². The van der Waals surface area contributed by atoms with Crippen molar-refractivity contribution in [2.45, 2.75) is 0 Å². The monoisotopic (exact) mass is 482 g/mol. The fraction of sp³-hybridized carbons (Fsp3) is 0.211. The van der Waals surface area contributed by atoms with Gasteiger partial charge < -0.3 is 29.2 Å². The van der Waals surface area contributed by atoms with Crippen LogP contribution in [0, 0.1) is 4.77 Å². The number of rotatable bonds is 6. The molecular weight excluding hydrogens is 464 g/mol. The number of ether oxygens (including phenoxy) is 4. The van der Waals surface area contributed by atoms with Crippen LogP contribution in [0.5, 0.6) is 23.0 Å². The maximum Gasteiger partial charge on any atom is 0.281 e. The number of benzene rings is 2. The van der Waals surface area contributed by atoms with Crippen LogP contribution in [0.2, 0.25) is 5.02 Å². The molecule has 0 amide bonds. The number of halogens is 1. The maximum absolute atomic E-state index is 13.0. The first-order valence-electron chi connectivity index (χ1n) is 8.73. The van der Waals surface area contributed by atoms with Crippen molar-refractivity contribution in [2.75, 3.05) is 39.2 Å². The second-order valence-corrected chi connectivity index (χ2v) is 7.28. The van der Waals surface area contributed by atoms with Crippen molar-refractivity contribution in [3.8, 4) is 23.0 Å². The number of aromatic amines is 1. The lowest BCUT2D eigenvalue weighted by atomic mass is 10.2. The van der Waals surface area contributed by atoms with E-state index < -0.39 is 5.56 Å². The third kappa shape index (κ3) is 4.53. The molecule has 0 aliphatic rings. The van der Waals surface area contributed by atoms with Crippen LogP contribution in [0.4, 0.5) is 5.69 Å². The van der Waals surface area contributed by atoms with Crippen LogP contribution in [-0.4, -0.2) is 43.2 Å². The molecule has 0 aliphatic heterocycles. The van der Waals surface area contributed by atoms with Gasteiger partial charge in [0, 0.05) is 18.2 Å². The molecule has 0 saturated carbocycles. The van der Waals surface area contributed by atoms with Crippen LogP contribution in [0.3, 0.4) is 0 Å². The normalized spacial score (nSPS) is 10.5. The van der Waals surface area contributed by atoms with Crippen molar-refractivity contribution in [1.82, 2.24) is 9.66 Å². The minimum Gasteiger partial charge on any atom is -0.495 e. The van der Waals surface area contributed by atoms with E-state index in [1.807, 2.05) is 0 Å². The lowest BCUT2D eigenvalue weighted by molar-refractivity contribution is 0.355. The molecule has 0 spiro atoms. The predicted molar refractivity (Wildman–Crippen MR) is 127 cm³/mol. The summed E-state index contributed by atoms with van der Waals surface area (Å²) in [5.74, 6) is 1.73. The van der Waals surface area contributed by atoms with Crippen LogP contribution >= 0.6 is 36.0 Å². The summed E-state index contributed by atoms with van der Waals surface area (Å²) in [6, 6.07) is 6.40. The lowest BCUT2D eigenvalue weighted by Gasteiger charge is -2.17. The van der Waals surface area contributed by atoms with E-state index in [0.717, 1.165) is 4.68 Å². The standard InChI is InChI=1S/C19H19ClN4O5S2/c1-26-13-8-12(14(27-2)6-10(13)20)21-18(30)23-24-17(25)9-5-15(28-3)16(29-4)7-11(9)22-19(24)31/h5-8H,1-4H3,(H,22,31)(H2,21,23,30). The number of nitrogens with one attached hydrogen (secondary N) is 3. The molecule has 1 heterocycles. The number of aromatic nitrogens is 2. The zero-order chi connectivity index (χ0) is 22.7. The van der Waals surface area contributed by atoms with Crippen molar-refractivity contribution in [2.24, 2.45) is 0 Å². The van der Waals surface area contributed by atoms with Gasteiger partial charge in [-0.3, -0.25) is 10.2 Å². The Labute approximate surface area is 192 Å². The molecule has 0 unspecified atom stereocenters. The first-order chi connectivity index (χ1) is 14.8. The Bertz CT molecular complexity index is 1270. The molecule has 0 bridgehead atoms. The third-order valence-electron chi connectivity index (χ3n) is 4.34. The molecule has 0 fully saturated rings. The van der Waals surface area contributed by atoms with E-state index in [1.54, 1.807) is 24.3 Å². The van der Waals surface area contributed by atoms with Gasteiger partial charge in [0.2, 0.25) is 0 Å². The molecule has 0 atom stereocenters. The van der Waals surface area contributed by atoms with E-state index >= 15 is 0 Å². The average Bonchev–Trinajstić information content (AvgIpc) is 2.76. The molecule has 3 N–H and O–H groups in total. The number of H-pyrrole nitrogens is 1. The lowest BCUT2D eigenvalue weighted by Crippen LogP contribution is -2.36. The maximum atomic E-state index is 13.0. The summed E-state index contributed by atoms with van der Waals surface area (Å²) in [6.07, 6.45) is 0. The predicted octanol–water partition coefficient (Wildman–Crippen LogP) is 3.69. The van der Waals surface area contributed by atoms with Gasteiger partial charge in [-0.2, -0.15) is 4.68 Å². The largest absolute Gasteiger partial charge is 0.495 e. The molecule has 3 rings (SSSR count). The van der Waals surface area contributed by atoms with Crippen LogP contribution in [-0.2, 0) is 0 Å². The highest BCUT2D eigenvalue weighted by Gasteiger charge is 2.14. The van der Waals surface area contributed by atoms with Crippen molar-refractivity contribution >= 4 is 57.7 Å². The topological polar surface area (TPSA) is 98.8 Å². The first kappa shape index (κ1) is 22.7. The number of anilines is 1. The zero-order valence-electron chi connectivity index (χ0n) is 17.0. The van der Waals surface area contributed by atoms with Gasteiger partial charge in [-0.1, -0.05) is 11.6 Å². The molecule has 3 aromatic rings. The van der Waals surface area contributed by atoms with E-state index in [4.69, 9.17) is 55.0 Å². The van der Waals surface area contributed by atoms with Crippen molar-refractivity contribution in [1.29, 1.82) is 0 Å². The number of fused-ring (bicyclic) bond motifs is 1. The summed E-state index contributed by atoms with van der Waals surface area (Å²) in [5.41, 5.74) is 3.33. The van der Waals surface area contributed by atoms with Gasteiger partial charge in [-0.05, 0) is 30.5 Å². The molecule has 0 saturated heterocycles. The molecule has 12 heteroatoms. The Morgan fingerprint density at radius 1 is 0.968 bits per heavy atom. The van der Waals surface area contributed by atoms with E-state index in [9.17, 15) is 4.79 Å². The molecule has 0 radical (unpaired) electrons. The fourth-order valence-corrected chi connectivity index (χ4v) is 3.53. The van der Waals surface area contributed by atoms with Gasteiger partial charge in [-0.15, -0.1) is 0 Å². The quantitative estimate of drug-likeness (QED) is 0.454. The summed E-state index contributed by atoms with van der Waals surface area (Å²) in [4.78, 5) is 16.0. The van der Waals surface area contributed by atoms with Gasteiger partial charge in [0.05, 0.1) is 50.1 Å². The Hall–Kier alpha value is -3.02.